The Kier molecular flexibility index (Phi) is 3.90. The summed E-state index contributed by atoms with van der Waals surface area (Å²) >= 11 is 3.25. The van der Waals surface area contributed by atoms with Gasteiger partial charge in [-0.1, -0.05) is 0 Å². The molecule has 0 spiro atoms. The summed E-state index contributed by atoms with van der Waals surface area (Å²) in [6, 6.07) is 2.31. The predicted octanol–water partition coefficient (Wildman–Crippen LogP) is 2.92. The second kappa shape index (κ2) is 5.71. The lowest BCUT2D eigenvalue weighted by molar-refractivity contribution is -0.141. The van der Waals surface area contributed by atoms with E-state index < -0.39 is 11.9 Å². The molecule has 1 fully saturated rings. The Balaban J connectivity index is 1.59. The molecule has 0 unspecified atom stereocenters. The first-order valence-corrected chi connectivity index (χ1v) is 7.13. The summed E-state index contributed by atoms with van der Waals surface area (Å²) in [4.78, 5) is 13.5. The third kappa shape index (κ3) is 3.29. The fourth-order valence-corrected chi connectivity index (χ4v) is 2.18. The number of anilines is 1. The van der Waals surface area contributed by atoms with Gasteiger partial charge in [0.25, 0.3) is 0 Å². The SMILES string of the molecule is FC(F)(F)c1cc(OC2CN(c3ncc(Br)cn3)C2)ccn1. The average Bonchev–Trinajstić information content (AvgIpc) is 2.43. The van der Waals surface area contributed by atoms with Crippen LogP contribution in [0.2, 0.25) is 0 Å². The molecule has 1 aliphatic heterocycles. The summed E-state index contributed by atoms with van der Waals surface area (Å²) in [6.07, 6.45) is -0.317. The van der Waals surface area contributed by atoms with E-state index in [0.717, 1.165) is 16.7 Å². The smallest absolute Gasteiger partial charge is 0.433 e. The predicted molar refractivity (Wildman–Crippen MR) is 75.6 cm³/mol. The van der Waals surface area contributed by atoms with Gasteiger partial charge in [0.05, 0.1) is 17.6 Å². The van der Waals surface area contributed by atoms with E-state index in [1.807, 2.05) is 4.90 Å². The molecule has 0 bridgehead atoms. The molecule has 0 N–H and O–H groups in total. The van der Waals surface area contributed by atoms with Crippen molar-refractivity contribution in [1.29, 1.82) is 0 Å². The molecule has 0 aliphatic carbocycles. The Morgan fingerprint density at radius 3 is 2.50 bits per heavy atom. The van der Waals surface area contributed by atoms with Crippen molar-refractivity contribution in [2.75, 3.05) is 18.0 Å². The van der Waals surface area contributed by atoms with Crippen molar-refractivity contribution < 1.29 is 17.9 Å². The summed E-state index contributed by atoms with van der Waals surface area (Å²) < 4.78 is 44.0. The minimum absolute atomic E-state index is 0.156. The van der Waals surface area contributed by atoms with Gasteiger partial charge in [0.2, 0.25) is 5.95 Å². The molecule has 0 amide bonds. The summed E-state index contributed by atoms with van der Waals surface area (Å²) in [7, 11) is 0. The van der Waals surface area contributed by atoms with Gasteiger partial charge in [0, 0.05) is 24.7 Å². The van der Waals surface area contributed by atoms with Gasteiger partial charge in [-0.05, 0) is 22.0 Å². The van der Waals surface area contributed by atoms with Gasteiger partial charge < -0.3 is 9.64 Å². The standard InChI is InChI=1S/C13H10BrF3N4O/c14-8-4-19-12(20-5-8)21-6-10(7-21)22-9-1-2-18-11(3-9)13(15,16)17/h1-5,10H,6-7H2. The maximum Gasteiger partial charge on any atom is 0.433 e. The van der Waals surface area contributed by atoms with E-state index in [2.05, 4.69) is 30.9 Å². The summed E-state index contributed by atoms with van der Waals surface area (Å²) in [5.74, 6) is 0.720. The molecule has 1 aliphatic rings. The molecule has 0 aromatic carbocycles. The van der Waals surface area contributed by atoms with Gasteiger partial charge in [-0.3, -0.25) is 4.98 Å². The zero-order valence-electron chi connectivity index (χ0n) is 11.1. The quantitative estimate of drug-likeness (QED) is 0.826. The monoisotopic (exact) mass is 374 g/mol. The molecule has 116 valence electrons. The number of rotatable bonds is 3. The molecular formula is C13H10BrF3N4O. The van der Waals surface area contributed by atoms with Crippen LogP contribution >= 0.6 is 15.9 Å². The first kappa shape index (κ1) is 15.0. The highest BCUT2D eigenvalue weighted by Crippen LogP contribution is 2.30. The lowest BCUT2D eigenvalue weighted by Crippen LogP contribution is -2.54. The zero-order valence-corrected chi connectivity index (χ0v) is 12.7. The van der Waals surface area contributed by atoms with Crippen molar-refractivity contribution in [2.45, 2.75) is 12.3 Å². The molecule has 22 heavy (non-hydrogen) atoms. The van der Waals surface area contributed by atoms with Crippen LogP contribution in [0.15, 0.2) is 35.2 Å². The molecule has 1 saturated heterocycles. The van der Waals surface area contributed by atoms with E-state index in [1.54, 1.807) is 12.4 Å². The zero-order chi connectivity index (χ0) is 15.7. The number of halogens is 4. The molecule has 2 aromatic heterocycles. The first-order valence-electron chi connectivity index (χ1n) is 6.34. The fraction of sp³-hybridized carbons (Fsp3) is 0.308. The fourth-order valence-electron chi connectivity index (χ4n) is 1.98. The van der Waals surface area contributed by atoms with Gasteiger partial charge in [0.1, 0.15) is 17.5 Å². The normalized spacial score (nSPS) is 15.5. The maximum absolute atomic E-state index is 12.6. The second-order valence-corrected chi connectivity index (χ2v) is 5.64. The van der Waals surface area contributed by atoms with Crippen molar-refractivity contribution in [3.05, 3.63) is 40.9 Å². The summed E-state index contributed by atoms with van der Waals surface area (Å²) in [5.41, 5.74) is -0.961. The Morgan fingerprint density at radius 1 is 1.18 bits per heavy atom. The van der Waals surface area contributed by atoms with Crippen LogP contribution in [0.1, 0.15) is 5.69 Å². The largest absolute Gasteiger partial charge is 0.487 e. The molecule has 0 saturated carbocycles. The highest BCUT2D eigenvalue weighted by Gasteiger charge is 2.34. The molecule has 3 rings (SSSR count). The van der Waals surface area contributed by atoms with Crippen molar-refractivity contribution in [1.82, 2.24) is 15.0 Å². The van der Waals surface area contributed by atoms with Crippen LogP contribution in [0.5, 0.6) is 5.75 Å². The van der Waals surface area contributed by atoms with E-state index in [-0.39, 0.29) is 11.9 Å². The number of hydrogen-bond donors (Lipinski definition) is 0. The second-order valence-electron chi connectivity index (χ2n) is 4.72. The van der Waals surface area contributed by atoms with E-state index in [0.29, 0.717) is 19.0 Å². The van der Waals surface area contributed by atoms with Crippen LogP contribution in [0.4, 0.5) is 19.1 Å². The van der Waals surface area contributed by atoms with Gasteiger partial charge in [-0.25, -0.2) is 9.97 Å². The van der Waals surface area contributed by atoms with Crippen molar-refractivity contribution in [2.24, 2.45) is 0 Å². The van der Waals surface area contributed by atoms with Gasteiger partial charge in [-0.2, -0.15) is 13.2 Å². The average molecular weight is 375 g/mol. The Morgan fingerprint density at radius 2 is 1.86 bits per heavy atom. The third-order valence-electron chi connectivity index (χ3n) is 3.06. The number of ether oxygens (including phenoxy) is 1. The molecule has 9 heteroatoms. The van der Waals surface area contributed by atoms with E-state index in [9.17, 15) is 13.2 Å². The van der Waals surface area contributed by atoms with Gasteiger partial charge in [0.15, 0.2) is 0 Å². The number of pyridine rings is 1. The Labute approximate surface area is 132 Å². The molecule has 3 heterocycles. The molecule has 0 radical (unpaired) electrons. The van der Waals surface area contributed by atoms with Crippen LogP contribution in [-0.2, 0) is 6.18 Å². The Bertz CT molecular complexity index is 659. The van der Waals surface area contributed by atoms with Gasteiger partial charge >= 0.3 is 6.18 Å². The van der Waals surface area contributed by atoms with Crippen LogP contribution in [-0.4, -0.2) is 34.1 Å². The van der Waals surface area contributed by atoms with Crippen molar-refractivity contribution >= 4 is 21.9 Å². The van der Waals surface area contributed by atoms with Crippen molar-refractivity contribution in [3.63, 3.8) is 0 Å². The minimum atomic E-state index is -4.48. The lowest BCUT2D eigenvalue weighted by atomic mass is 10.2. The lowest BCUT2D eigenvalue weighted by Gasteiger charge is -2.38. The van der Waals surface area contributed by atoms with Crippen LogP contribution in [0.3, 0.4) is 0 Å². The van der Waals surface area contributed by atoms with Crippen LogP contribution < -0.4 is 9.64 Å². The maximum atomic E-state index is 12.6. The van der Waals surface area contributed by atoms with Crippen molar-refractivity contribution in [3.8, 4) is 5.75 Å². The number of aromatic nitrogens is 3. The highest BCUT2D eigenvalue weighted by atomic mass is 79.9. The summed E-state index contributed by atoms with van der Waals surface area (Å²) in [5, 5.41) is 0. The van der Waals surface area contributed by atoms with Crippen LogP contribution in [0, 0.1) is 0 Å². The highest BCUT2D eigenvalue weighted by molar-refractivity contribution is 9.10. The number of nitrogens with zero attached hydrogens (tertiary/aromatic N) is 4. The summed E-state index contributed by atoms with van der Waals surface area (Å²) in [6.45, 7) is 1.04. The van der Waals surface area contributed by atoms with E-state index in [4.69, 9.17) is 4.74 Å². The van der Waals surface area contributed by atoms with E-state index >= 15 is 0 Å². The topological polar surface area (TPSA) is 51.1 Å². The molecule has 5 nitrogen and oxygen atoms in total. The number of alkyl halides is 3. The molecular weight excluding hydrogens is 365 g/mol. The molecule has 2 aromatic rings. The van der Waals surface area contributed by atoms with Crippen LogP contribution in [0.25, 0.3) is 0 Å². The molecule has 0 atom stereocenters. The Hall–Kier alpha value is -1.90. The first-order chi connectivity index (χ1) is 10.4. The van der Waals surface area contributed by atoms with E-state index in [1.165, 1.54) is 6.07 Å². The van der Waals surface area contributed by atoms with Gasteiger partial charge in [-0.15, -0.1) is 0 Å². The third-order valence-corrected chi connectivity index (χ3v) is 3.47. The number of hydrogen-bond acceptors (Lipinski definition) is 5. The minimum Gasteiger partial charge on any atom is -0.487 e.